The number of ether oxygens (including phenoxy) is 7. The second-order valence-electron chi connectivity index (χ2n) is 15.8. The normalized spacial score (nSPS) is 33.3. The minimum Gasteiger partial charge on any atom is -0.394 e. The predicted octanol–water partition coefficient (Wildman–Crippen LogP) is -4.50. The van der Waals surface area contributed by atoms with Gasteiger partial charge in [-0.25, -0.2) is 23.5 Å². The molecule has 4 saturated heterocycles. The molecule has 16 atom stereocenters. The van der Waals surface area contributed by atoms with Crippen LogP contribution in [0.2, 0.25) is 0 Å². The zero-order chi connectivity index (χ0) is 49.8. The summed E-state index contributed by atoms with van der Waals surface area (Å²) >= 11 is 0. The zero-order valence-corrected chi connectivity index (χ0v) is 37.7. The minimum atomic E-state index is -5.28. The van der Waals surface area contributed by atoms with Crippen LogP contribution in [0.25, 0.3) is 0 Å². The van der Waals surface area contributed by atoms with E-state index in [2.05, 4.69) is 15.0 Å². The topological polar surface area (TPSA) is 460 Å². The number of phosphoric acid groups is 2. The lowest BCUT2D eigenvalue weighted by molar-refractivity contribution is -0.304. The number of hydrogen-bond donors (Lipinski definition) is 10. The summed E-state index contributed by atoms with van der Waals surface area (Å²) in [7, 11) is -10.3. The molecule has 3 aromatic rings. The fourth-order valence-electron chi connectivity index (χ4n) is 7.57. The smallest absolute Gasteiger partial charge is 0.394 e. The summed E-state index contributed by atoms with van der Waals surface area (Å²) in [6, 6.07) is 4.00. The summed E-state index contributed by atoms with van der Waals surface area (Å²) in [4.78, 5) is 69.2. The molecule has 16 unspecified atom stereocenters. The van der Waals surface area contributed by atoms with Crippen LogP contribution >= 0.6 is 15.6 Å². The van der Waals surface area contributed by atoms with E-state index in [1.807, 2.05) is 0 Å². The molecular weight excluding hydrogens is 976 g/mol. The van der Waals surface area contributed by atoms with Crippen molar-refractivity contribution in [3.8, 4) is 0 Å². The third kappa shape index (κ3) is 13.2. The van der Waals surface area contributed by atoms with Crippen molar-refractivity contribution in [2.24, 2.45) is 0 Å². The van der Waals surface area contributed by atoms with E-state index in [0.717, 1.165) is 13.7 Å². The fourth-order valence-corrected chi connectivity index (χ4v) is 9.22. The van der Waals surface area contributed by atoms with Crippen molar-refractivity contribution in [1.29, 1.82) is 0 Å². The highest BCUT2D eigenvalue weighted by Crippen LogP contribution is 2.49. The van der Waals surface area contributed by atoms with Gasteiger partial charge in [0.25, 0.3) is 0 Å². The van der Waals surface area contributed by atoms with Gasteiger partial charge in [-0.2, -0.15) is 15.0 Å². The average Bonchev–Trinajstić information content (AvgIpc) is 3.97. The molecule has 0 aromatic carbocycles. The van der Waals surface area contributed by atoms with Crippen LogP contribution in [0.4, 0.5) is 17.5 Å². The Morgan fingerprint density at radius 2 is 1.04 bits per heavy atom. The predicted molar refractivity (Wildman–Crippen MR) is 223 cm³/mol. The van der Waals surface area contributed by atoms with Gasteiger partial charge in [0.1, 0.15) is 85.0 Å². The summed E-state index contributed by atoms with van der Waals surface area (Å²) in [5.41, 5.74) is 14.3. The van der Waals surface area contributed by atoms with E-state index in [1.54, 1.807) is 0 Å². The van der Waals surface area contributed by atoms with Gasteiger partial charge >= 0.3 is 32.7 Å². The van der Waals surface area contributed by atoms with E-state index in [0.29, 0.717) is 0 Å². The lowest BCUT2D eigenvalue weighted by Gasteiger charge is -2.41. The minimum absolute atomic E-state index is 0.00946. The summed E-state index contributed by atoms with van der Waals surface area (Å²) in [6.45, 7) is -4.25. The molecule has 4 aliphatic heterocycles. The Kier molecular flexibility index (Phi) is 17.1. The highest BCUT2D eigenvalue weighted by molar-refractivity contribution is 7.47. The number of phosphoric ester groups is 2. The first-order valence-corrected chi connectivity index (χ1v) is 23.8. The Morgan fingerprint density at radius 3 is 1.52 bits per heavy atom. The van der Waals surface area contributed by atoms with E-state index >= 15 is 0 Å². The van der Waals surface area contributed by atoms with Crippen LogP contribution in [0, 0.1) is 0 Å². The highest BCUT2D eigenvalue weighted by atomic mass is 31.2. The van der Waals surface area contributed by atoms with Crippen molar-refractivity contribution >= 4 is 33.1 Å². The van der Waals surface area contributed by atoms with Gasteiger partial charge in [0.15, 0.2) is 19.9 Å². The van der Waals surface area contributed by atoms with E-state index in [9.17, 15) is 58.8 Å². The molecule has 34 heteroatoms. The first-order valence-electron chi connectivity index (χ1n) is 20.8. The molecule has 0 saturated carbocycles. The average molecular weight is 1030 g/mol. The molecular formula is C35H51N9O23P2. The lowest BCUT2D eigenvalue weighted by atomic mass is 9.99. The molecule has 0 spiro atoms. The summed E-state index contributed by atoms with van der Waals surface area (Å²) in [5.74, 6) is -0.150. The molecule has 4 fully saturated rings. The van der Waals surface area contributed by atoms with Gasteiger partial charge in [-0.3, -0.25) is 31.8 Å². The van der Waals surface area contributed by atoms with Gasteiger partial charge in [0, 0.05) is 37.9 Å². The highest BCUT2D eigenvalue weighted by Gasteiger charge is 2.50. The number of rotatable bonds is 21. The molecule has 69 heavy (non-hydrogen) atoms. The molecule has 32 nitrogen and oxygen atoms in total. The molecule has 384 valence electrons. The molecule has 7 heterocycles. The maximum Gasteiger partial charge on any atom is 0.474 e. The second kappa shape index (κ2) is 22.5. The van der Waals surface area contributed by atoms with Gasteiger partial charge in [-0.05, 0) is 18.2 Å². The molecule has 13 N–H and O–H groups in total. The largest absolute Gasteiger partial charge is 0.474 e. The van der Waals surface area contributed by atoms with E-state index < -0.39 is 152 Å². The number of nitrogen functional groups attached to an aromatic ring is 3. The van der Waals surface area contributed by atoms with Crippen LogP contribution in [0.3, 0.4) is 0 Å². The summed E-state index contributed by atoms with van der Waals surface area (Å²) in [5, 5.41) is 52.7. The van der Waals surface area contributed by atoms with Gasteiger partial charge in [-0.15, -0.1) is 0 Å². The molecule has 7 rings (SSSR count). The molecule has 0 aliphatic carbocycles. The lowest BCUT2D eigenvalue weighted by Crippen LogP contribution is -2.60. The summed E-state index contributed by atoms with van der Waals surface area (Å²) in [6.07, 6.45) is -15.9. The van der Waals surface area contributed by atoms with E-state index in [4.69, 9.17) is 68.5 Å². The van der Waals surface area contributed by atoms with Crippen LogP contribution in [0.5, 0.6) is 0 Å². The molecule has 0 bridgehead atoms. The first kappa shape index (κ1) is 52.6. The first-order chi connectivity index (χ1) is 32.7. The number of aliphatic hydroxyl groups excluding tert-OH is 5. The van der Waals surface area contributed by atoms with Gasteiger partial charge < -0.3 is 85.7 Å². The monoisotopic (exact) mass is 1030 g/mol. The van der Waals surface area contributed by atoms with E-state index in [1.165, 1.54) is 36.8 Å². The van der Waals surface area contributed by atoms with Crippen LogP contribution in [-0.2, 0) is 60.4 Å². The Labute approximate surface area is 387 Å². The summed E-state index contributed by atoms with van der Waals surface area (Å²) < 4.78 is 88.6. The third-order valence-electron chi connectivity index (χ3n) is 11.0. The van der Waals surface area contributed by atoms with Crippen molar-refractivity contribution < 1.29 is 95.7 Å². The Balaban J connectivity index is 0.907. The molecule has 0 radical (unpaired) electrons. The van der Waals surface area contributed by atoms with Crippen LogP contribution < -0.4 is 34.3 Å². The Bertz CT molecular complexity index is 2510. The van der Waals surface area contributed by atoms with Gasteiger partial charge in [-0.1, -0.05) is 0 Å². The number of nitrogens with two attached hydrogens (primary N) is 3. The Hall–Kier alpha value is -4.22. The van der Waals surface area contributed by atoms with Crippen LogP contribution in [0.1, 0.15) is 37.9 Å². The number of anilines is 3. The molecule has 3 aromatic heterocycles. The van der Waals surface area contributed by atoms with Crippen molar-refractivity contribution in [3.05, 3.63) is 68.2 Å². The van der Waals surface area contributed by atoms with Crippen molar-refractivity contribution in [2.75, 3.05) is 57.2 Å². The second-order valence-corrected chi connectivity index (χ2v) is 18.6. The van der Waals surface area contributed by atoms with Crippen LogP contribution in [0.15, 0.2) is 51.2 Å². The third-order valence-corrected chi connectivity index (χ3v) is 12.9. The van der Waals surface area contributed by atoms with Gasteiger partial charge in [0.05, 0.1) is 38.6 Å². The molecule has 0 amide bonds. The van der Waals surface area contributed by atoms with Crippen molar-refractivity contribution in [1.82, 2.24) is 28.7 Å². The number of nitrogens with zero attached hydrogens (tertiary/aromatic N) is 6. The number of aliphatic hydroxyl groups is 5. The van der Waals surface area contributed by atoms with Crippen molar-refractivity contribution in [2.45, 2.75) is 105 Å². The Morgan fingerprint density at radius 1 is 0.609 bits per heavy atom. The van der Waals surface area contributed by atoms with Crippen molar-refractivity contribution in [3.63, 3.8) is 0 Å². The molecule has 4 aliphatic rings. The van der Waals surface area contributed by atoms with Crippen LogP contribution in [-0.4, -0.2) is 171 Å². The van der Waals surface area contributed by atoms with Gasteiger partial charge in [0.2, 0.25) is 0 Å². The van der Waals surface area contributed by atoms with E-state index in [-0.39, 0.29) is 43.3 Å². The zero-order valence-electron chi connectivity index (χ0n) is 35.9. The number of hydrogen-bond acceptors (Lipinski definition) is 27. The maximum absolute atomic E-state index is 13.1. The maximum atomic E-state index is 13.1. The standard InChI is InChI=1S/C35H51N9O23P2/c36-23-1-4-42(33(50)39-23)26-7-16(46)20(62-26)11-57-14-60-68(53,54)66-18-9-28(44-6-3-25(38)41-35(44)52)64-22(18)12-58-15-61-69(55,56)67-31-29(48)19(10-45)65-32(30(31)49)59-13-21-17(47)8-27(63-21)43-5-2-24(37)40-34(43)51/h1-6,16-22,26-32,45-49H,7-15H2,(H,53,54)(H,55,56)(H2,36,39,50)(H2,37,40,51)(H2,38,41,52). The quantitative estimate of drug-likeness (QED) is 0.0273. The fraction of sp³-hybridized carbons (Fsp3) is 0.657. The number of aromatic nitrogens is 6. The SMILES string of the molecule is Nc1ccn(C2CC(O)C(COCOP(=O)(O)OC3CC(n4ccc(N)nc4=O)OC3COCOP(=O)(O)OC3C(O)C(CO)OC(OCC4OC(n5ccc(N)nc5=O)CC4O)C3O)O2)c(=O)n1.